The van der Waals surface area contributed by atoms with Gasteiger partial charge in [0.05, 0.1) is 0 Å². The van der Waals surface area contributed by atoms with Gasteiger partial charge in [-0.15, -0.1) is 0 Å². The lowest BCUT2D eigenvalue weighted by atomic mass is 9.97. The van der Waals surface area contributed by atoms with Crippen LogP contribution in [-0.4, -0.2) is 23.1 Å². The highest BCUT2D eigenvalue weighted by atomic mass is 35.5. The molecule has 110 valence electrons. The Bertz CT molecular complexity index is 550. The standard InChI is InChI=1S/C15H19Cl2NO2/c1-9-12(16)7-10-8-18(6-5-11(10)13(9)17)14(19)20-15(2,3)4/h7H,5-6,8H2,1-4H3. The summed E-state index contributed by atoms with van der Waals surface area (Å²) in [4.78, 5) is 13.8. The molecule has 0 N–H and O–H groups in total. The van der Waals surface area contributed by atoms with Crippen molar-refractivity contribution in [2.75, 3.05) is 6.54 Å². The van der Waals surface area contributed by atoms with Crippen LogP contribution in [0.4, 0.5) is 4.79 Å². The third-order valence-corrected chi connectivity index (χ3v) is 4.19. The minimum atomic E-state index is -0.486. The minimum absolute atomic E-state index is 0.295. The molecule has 1 aliphatic heterocycles. The van der Waals surface area contributed by atoms with Crippen molar-refractivity contribution in [3.05, 3.63) is 32.8 Å². The van der Waals surface area contributed by atoms with E-state index >= 15 is 0 Å². The number of nitrogens with zero attached hydrogens (tertiary/aromatic N) is 1. The number of rotatable bonds is 0. The molecule has 0 aromatic heterocycles. The Kier molecular flexibility index (Phi) is 4.22. The average molecular weight is 316 g/mol. The van der Waals surface area contributed by atoms with Gasteiger partial charge in [-0.25, -0.2) is 4.79 Å². The molecule has 1 aromatic rings. The Balaban J connectivity index is 2.21. The molecule has 0 saturated carbocycles. The van der Waals surface area contributed by atoms with Gasteiger partial charge in [0.2, 0.25) is 0 Å². The Hall–Kier alpha value is -0.930. The number of halogens is 2. The molecule has 0 unspecified atom stereocenters. The Morgan fingerprint density at radius 2 is 2.00 bits per heavy atom. The molecule has 5 heteroatoms. The van der Waals surface area contributed by atoms with Crippen LogP contribution in [0.15, 0.2) is 6.07 Å². The highest BCUT2D eigenvalue weighted by Crippen LogP contribution is 2.34. The molecule has 3 nitrogen and oxygen atoms in total. The number of carbonyl (C=O) groups excluding carboxylic acids is 1. The third-order valence-electron chi connectivity index (χ3n) is 3.29. The van der Waals surface area contributed by atoms with E-state index in [-0.39, 0.29) is 6.09 Å². The molecule has 0 fully saturated rings. The summed E-state index contributed by atoms with van der Waals surface area (Å²) in [5, 5.41) is 1.36. The van der Waals surface area contributed by atoms with Crippen molar-refractivity contribution >= 4 is 29.3 Å². The lowest BCUT2D eigenvalue weighted by molar-refractivity contribution is 0.0224. The van der Waals surface area contributed by atoms with Crippen LogP contribution >= 0.6 is 23.2 Å². The van der Waals surface area contributed by atoms with Crippen molar-refractivity contribution in [2.24, 2.45) is 0 Å². The van der Waals surface area contributed by atoms with Crippen LogP contribution in [0.1, 0.15) is 37.5 Å². The summed E-state index contributed by atoms with van der Waals surface area (Å²) in [6.45, 7) is 8.59. The molecule has 1 amide bonds. The predicted octanol–water partition coefficient (Wildman–Crippen LogP) is 4.60. The minimum Gasteiger partial charge on any atom is -0.444 e. The number of fused-ring (bicyclic) bond motifs is 1. The van der Waals surface area contributed by atoms with Gasteiger partial charge >= 0.3 is 6.09 Å². The molecule has 0 aliphatic carbocycles. The zero-order valence-electron chi connectivity index (χ0n) is 12.2. The fourth-order valence-electron chi connectivity index (χ4n) is 2.25. The zero-order chi connectivity index (χ0) is 15.1. The number of ether oxygens (including phenoxy) is 1. The summed E-state index contributed by atoms with van der Waals surface area (Å²) in [5.41, 5.74) is 2.51. The van der Waals surface area contributed by atoms with E-state index in [4.69, 9.17) is 27.9 Å². The summed E-state index contributed by atoms with van der Waals surface area (Å²) in [6.07, 6.45) is 0.432. The lowest BCUT2D eigenvalue weighted by Crippen LogP contribution is -2.40. The second kappa shape index (κ2) is 5.45. The van der Waals surface area contributed by atoms with Crippen LogP contribution in [-0.2, 0) is 17.7 Å². The van der Waals surface area contributed by atoms with Gasteiger partial charge in [0, 0.05) is 23.1 Å². The number of amides is 1. The highest BCUT2D eigenvalue weighted by Gasteiger charge is 2.27. The predicted molar refractivity (Wildman–Crippen MR) is 81.5 cm³/mol. The summed E-state index contributed by atoms with van der Waals surface area (Å²) >= 11 is 12.5. The van der Waals surface area contributed by atoms with Crippen LogP contribution in [0, 0.1) is 6.92 Å². The van der Waals surface area contributed by atoms with Crippen LogP contribution in [0.3, 0.4) is 0 Å². The van der Waals surface area contributed by atoms with Gasteiger partial charge in [0.15, 0.2) is 0 Å². The van der Waals surface area contributed by atoms with Crippen molar-refractivity contribution in [1.82, 2.24) is 4.90 Å². The Labute approximate surface area is 129 Å². The van der Waals surface area contributed by atoms with Crippen molar-refractivity contribution < 1.29 is 9.53 Å². The van der Waals surface area contributed by atoms with Crippen molar-refractivity contribution in [2.45, 2.75) is 46.3 Å². The molecule has 0 bridgehead atoms. The van der Waals surface area contributed by atoms with Gasteiger partial charge in [-0.2, -0.15) is 0 Å². The summed E-state index contributed by atoms with van der Waals surface area (Å²) in [7, 11) is 0. The maximum absolute atomic E-state index is 12.1. The molecule has 0 atom stereocenters. The second-order valence-electron chi connectivity index (χ2n) is 6.09. The van der Waals surface area contributed by atoms with Crippen molar-refractivity contribution in [3.63, 3.8) is 0 Å². The maximum atomic E-state index is 12.1. The van der Waals surface area contributed by atoms with Crippen molar-refractivity contribution in [1.29, 1.82) is 0 Å². The molecular formula is C15H19Cl2NO2. The fourth-order valence-corrected chi connectivity index (χ4v) is 2.84. The second-order valence-corrected chi connectivity index (χ2v) is 6.87. The smallest absolute Gasteiger partial charge is 0.410 e. The molecule has 1 aromatic carbocycles. The first-order valence-electron chi connectivity index (χ1n) is 6.63. The molecule has 0 spiro atoms. The SMILES string of the molecule is Cc1c(Cl)cc2c(c1Cl)CCN(C(=O)OC(C)(C)C)C2. The van der Waals surface area contributed by atoms with Gasteiger partial charge in [0.25, 0.3) is 0 Å². The van der Waals surface area contributed by atoms with E-state index in [9.17, 15) is 4.79 Å². The number of hydrogen-bond acceptors (Lipinski definition) is 2. The van der Waals surface area contributed by atoms with E-state index in [0.29, 0.717) is 18.1 Å². The summed E-state index contributed by atoms with van der Waals surface area (Å²) < 4.78 is 5.40. The molecule has 2 rings (SSSR count). The molecular weight excluding hydrogens is 297 g/mol. The van der Waals surface area contributed by atoms with Crippen molar-refractivity contribution in [3.8, 4) is 0 Å². The molecule has 20 heavy (non-hydrogen) atoms. The van der Waals surface area contributed by atoms with E-state index in [0.717, 1.165) is 28.1 Å². The summed E-state index contributed by atoms with van der Waals surface area (Å²) in [5.74, 6) is 0. The Morgan fingerprint density at radius 1 is 1.35 bits per heavy atom. The quantitative estimate of drug-likeness (QED) is 0.700. The van der Waals surface area contributed by atoms with E-state index in [1.54, 1.807) is 4.90 Å². The number of benzene rings is 1. The molecule has 1 aliphatic rings. The fraction of sp³-hybridized carbons (Fsp3) is 0.533. The van der Waals surface area contributed by atoms with Gasteiger partial charge in [-0.3, -0.25) is 0 Å². The molecule has 0 radical (unpaired) electrons. The first kappa shape index (κ1) is 15.5. The first-order chi connectivity index (χ1) is 9.19. The van der Waals surface area contributed by atoms with E-state index < -0.39 is 5.60 Å². The van der Waals surface area contributed by atoms with Gasteiger partial charge in [-0.05, 0) is 56.9 Å². The lowest BCUT2D eigenvalue weighted by Gasteiger charge is -2.32. The van der Waals surface area contributed by atoms with Gasteiger partial charge in [0.1, 0.15) is 5.60 Å². The maximum Gasteiger partial charge on any atom is 0.410 e. The van der Waals surface area contributed by atoms with Crippen LogP contribution < -0.4 is 0 Å². The van der Waals surface area contributed by atoms with Gasteiger partial charge in [-0.1, -0.05) is 23.2 Å². The number of carbonyl (C=O) groups is 1. The summed E-state index contributed by atoms with van der Waals surface area (Å²) in [6, 6.07) is 1.90. The van der Waals surface area contributed by atoms with Gasteiger partial charge < -0.3 is 9.64 Å². The van der Waals surface area contributed by atoms with Crippen LogP contribution in [0.25, 0.3) is 0 Å². The van der Waals surface area contributed by atoms with E-state index in [2.05, 4.69) is 0 Å². The normalized spacial score (nSPS) is 15.0. The third kappa shape index (κ3) is 3.21. The van der Waals surface area contributed by atoms with Crippen LogP contribution in [0.5, 0.6) is 0 Å². The highest BCUT2D eigenvalue weighted by molar-refractivity contribution is 6.36. The van der Waals surface area contributed by atoms with Crippen LogP contribution in [0.2, 0.25) is 10.0 Å². The van der Waals surface area contributed by atoms with E-state index in [1.807, 2.05) is 33.8 Å². The monoisotopic (exact) mass is 315 g/mol. The molecule has 0 saturated heterocycles. The zero-order valence-corrected chi connectivity index (χ0v) is 13.7. The molecule has 1 heterocycles. The number of hydrogen-bond donors (Lipinski definition) is 0. The first-order valence-corrected chi connectivity index (χ1v) is 7.39. The van der Waals surface area contributed by atoms with E-state index in [1.165, 1.54) is 0 Å². The largest absolute Gasteiger partial charge is 0.444 e. The topological polar surface area (TPSA) is 29.5 Å². The average Bonchev–Trinajstić information content (AvgIpc) is 2.33. The Morgan fingerprint density at radius 3 is 2.60 bits per heavy atom.